The van der Waals surface area contributed by atoms with Crippen molar-refractivity contribution in [3.8, 4) is 11.5 Å². The number of phenolic OH excluding ortho intramolecular Hbond substituents is 1. The Hall–Kier alpha value is -2.22. The predicted octanol–water partition coefficient (Wildman–Crippen LogP) is 3.71. The lowest BCUT2D eigenvalue weighted by Crippen LogP contribution is -1.83. The summed E-state index contributed by atoms with van der Waals surface area (Å²) in [4.78, 5) is 0. The Morgan fingerprint density at radius 1 is 0.882 bits per heavy atom. The maximum atomic E-state index is 9.81. The van der Waals surface area contributed by atoms with E-state index in [-0.39, 0.29) is 0 Å². The number of methoxy groups -OCH3 is 1. The van der Waals surface area contributed by atoms with E-state index in [1.165, 1.54) is 0 Å². The van der Waals surface area contributed by atoms with Crippen molar-refractivity contribution in [3.63, 3.8) is 0 Å². The Morgan fingerprint density at radius 3 is 2.53 bits per heavy atom. The van der Waals surface area contributed by atoms with Gasteiger partial charge in [0.1, 0.15) is 11.5 Å². The third-order valence-corrected chi connectivity index (χ3v) is 3.06. The van der Waals surface area contributed by atoms with Crippen LogP contribution in [0.2, 0.25) is 0 Å². The fourth-order valence-electron chi connectivity index (χ4n) is 2.19. The number of aromatic hydroxyl groups is 1. The fraction of sp³-hybridized carbons (Fsp3) is 0.0667. The van der Waals surface area contributed by atoms with Gasteiger partial charge in [0.05, 0.1) is 7.11 Å². The van der Waals surface area contributed by atoms with E-state index in [0.29, 0.717) is 5.75 Å². The van der Waals surface area contributed by atoms with Crippen LogP contribution in [0.3, 0.4) is 0 Å². The molecule has 0 saturated carbocycles. The number of phenols is 1. The lowest BCUT2D eigenvalue weighted by atomic mass is 10.0. The quantitative estimate of drug-likeness (QED) is 0.638. The highest BCUT2D eigenvalue weighted by Crippen LogP contribution is 2.32. The van der Waals surface area contributed by atoms with Crippen molar-refractivity contribution >= 4 is 21.5 Å². The van der Waals surface area contributed by atoms with E-state index < -0.39 is 0 Å². The third-order valence-electron chi connectivity index (χ3n) is 3.06. The van der Waals surface area contributed by atoms with Gasteiger partial charge in [-0.25, -0.2) is 0 Å². The first-order valence-corrected chi connectivity index (χ1v) is 5.48. The summed E-state index contributed by atoms with van der Waals surface area (Å²) in [7, 11) is 1.66. The van der Waals surface area contributed by atoms with Crippen molar-refractivity contribution < 1.29 is 9.84 Å². The lowest BCUT2D eigenvalue weighted by molar-refractivity contribution is 0.415. The van der Waals surface area contributed by atoms with E-state index in [9.17, 15) is 5.11 Å². The molecule has 2 nitrogen and oxygen atoms in total. The molecule has 0 unspecified atom stereocenters. The van der Waals surface area contributed by atoms with E-state index >= 15 is 0 Å². The van der Waals surface area contributed by atoms with Gasteiger partial charge in [-0.15, -0.1) is 0 Å². The largest absolute Gasteiger partial charge is 0.507 e. The lowest BCUT2D eigenvalue weighted by Gasteiger charge is -2.07. The normalized spacial score (nSPS) is 10.9. The first-order chi connectivity index (χ1) is 8.29. The molecular formula is C15H12O2. The second-order valence-electron chi connectivity index (χ2n) is 4.02. The summed E-state index contributed by atoms with van der Waals surface area (Å²) in [5.74, 6) is 1.16. The zero-order valence-corrected chi connectivity index (χ0v) is 9.47. The molecule has 3 aromatic rings. The van der Waals surface area contributed by atoms with Crippen LogP contribution in [0.4, 0.5) is 0 Å². The van der Waals surface area contributed by atoms with Crippen molar-refractivity contribution in [2.24, 2.45) is 0 Å². The smallest absolute Gasteiger partial charge is 0.123 e. The standard InChI is InChI=1S/C15H12O2/c1-17-11-6-8-12-10(9-11)5-7-14-13(12)3-2-4-15(14)16/h2-9,16H,1H3. The minimum atomic E-state index is 0.320. The van der Waals surface area contributed by atoms with Gasteiger partial charge in [-0.2, -0.15) is 0 Å². The molecule has 17 heavy (non-hydrogen) atoms. The van der Waals surface area contributed by atoms with Crippen LogP contribution in [0.1, 0.15) is 0 Å². The molecule has 0 amide bonds. The van der Waals surface area contributed by atoms with Crippen molar-refractivity contribution in [2.45, 2.75) is 0 Å². The minimum Gasteiger partial charge on any atom is -0.507 e. The summed E-state index contributed by atoms with van der Waals surface area (Å²) in [5, 5.41) is 14.0. The zero-order valence-electron chi connectivity index (χ0n) is 9.47. The number of hydrogen-bond acceptors (Lipinski definition) is 2. The first kappa shape index (κ1) is 9.97. The Morgan fingerprint density at radius 2 is 1.71 bits per heavy atom. The van der Waals surface area contributed by atoms with Gasteiger partial charge in [-0.1, -0.05) is 30.3 Å². The summed E-state index contributed by atoms with van der Waals surface area (Å²) >= 11 is 0. The molecular weight excluding hydrogens is 212 g/mol. The summed E-state index contributed by atoms with van der Waals surface area (Å²) < 4.78 is 5.21. The SMILES string of the molecule is COc1ccc2c(ccc3c(O)cccc32)c1. The highest BCUT2D eigenvalue weighted by atomic mass is 16.5. The molecule has 0 saturated heterocycles. The number of rotatable bonds is 1. The highest BCUT2D eigenvalue weighted by molar-refractivity contribution is 6.09. The van der Waals surface area contributed by atoms with E-state index in [1.54, 1.807) is 13.2 Å². The van der Waals surface area contributed by atoms with Crippen LogP contribution in [-0.4, -0.2) is 12.2 Å². The van der Waals surface area contributed by atoms with Crippen molar-refractivity contribution in [1.29, 1.82) is 0 Å². The van der Waals surface area contributed by atoms with Gasteiger partial charge in [-0.3, -0.25) is 0 Å². The summed E-state index contributed by atoms with van der Waals surface area (Å²) in [6.07, 6.45) is 0. The summed E-state index contributed by atoms with van der Waals surface area (Å²) in [6, 6.07) is 15.5. The molecule has 84 valence electrons. The molecule has 0 radical (unpaired) electrons. The molecule has 0 atom stereocenters. The molecule has 1 N–H and O–H groups in total. The monoisotopic (exact) mass is 224 g/mol. The minimum absolute atomic E-state index is 0.320. The van der Waals surface area contributed by atoms with Crippen LogP contribution in [0.25, 0.3) is 21.5 Å². The average Bonchev–Trinajstić information content (AvgIpc) is 2.38. The molecule has 0 fully saturated rings. The maximum absolute atomic E-state index is 9.81. The topological polar surface area (TPSA) is 29.5 Å². The van der Waals surface area contributed by atoms with E-state index in [2.05, 4.69) is 0 Å². The summed E-state index contributed by atoms with van der Waals surface area (Å²) in [5.41, 5.74) is 0. The van der Waals surface area contributed by atoms with Gasteiger partial charge in [0.25, 0.3) is 0 Å². The Labute approximate surface area is 99.1 Å². The van der Waals surface area contributed by atoms with Crippen LogP contribution in [-0.2, 0) is 0 Å². The molecule has 3 aromatic carbocycles. The highest BCUT2D eigenvalue weighted by Gasteiger charge is 2.04. The molecule has 3 rings (SSSR count). The van der Waals surface area contributed by atoms with Crippen LogP contribution in [0, 0.1) is 0 Å². The van der Waals surface area contributed by atoms with Gasteiger partial charge in [0.2, 0.25) is 0 Å². The number of ether oxygens (including phenoxy) is 1. The molecule has 0 spiro atoms. The van der Waals surface area contributed by atoms with Crippen molar-refractivity contribution in [3.05, 3.63) is 48.5 Å². The van der Waals surface area contributed by atoms with Crippen molar-refractivity contribution in [2.75, 3.05) is 7.11 Å². The Balaban J connectivity index is 2.44. The second kappa shape index (κ2) is 3.67. The summed E-state index contributed by atoms with van der Waals surface area (Å²) in [6.45, 7) is 0. The molecule has 0 aromatic heterocycles. The van der Waals surface area contributed by atoms with Crippen LogP contribution in [0.5, 0.6) is 11.5 Å². The Bertz CT molecular complexity index is 702. The number of benzene rings is 3. The molecule has 0 heterocycles. The molecule has 0 aliphatic carbocycles. The molecule has 0 aliphatic heterocycles. The average molecular weight is 224 g/mol. The van der Waals surface area contributed by atoms with E-state index in [1.807, 2.05) is 42.5 Å². The molecule has 0 bridgehead atoms. The van der Waals surface area contributed by atoms with Crippen molar-refractivity contribution in [1.82, 2.24) is 0 Å². The van der Waals surface area contributed by atoms with Gasteiger partial charge < -0.3 is 9.84 Å². The van der Waals surface area contributed by atoms with E-state index in [0.717, 1.165) is 27.3 Å². The van der Waals surface area contributed by atoms with Gasteiger partial charge in [0, 0.05) is 5.39 Å². The second-order valence-corrected chi connectivity index (χ2v) is 4.02. The van der Waals surface area contributed by atoms with Gasteiger partial charge >= 0.3 is 0 Å². The number of hydrogen-bond donors (Lipinski definition) is 1. The van der Waals surface area contributed by atoms with Crippen LogP contribution >= 0.6 is 0 Å². The van der Waals surface area contributed by atoms with Crippen LogP contribution < -0.4 is 4.74 Å². The zero-order chi connectivity index (χ0) is 11.8. The van der Waals surface area contributed by atoms with E-state index in [4.69, 9.17) is 4.74 Å². The fourth-order valence-corrected chi connectivity index (χ4v) is 2.19. The predicted molar refractivity (Wildman–Crippen MR) is 69.7 cm³/mol. The third kappa shape index (κ3) is 1.49. The van der Waals surface area contributed by atoms with Gasteiger partial charge in [0.15, 0.2) is 0 Å². The van der Waals surface area contributed by atoms with Gasteiger partial charge in [-0.05, 0) is 34.4 Å². The molecule has 0 aliphatic rings. The number of fused-ring (bicyclic) bond motifs is 3. The first-order valence-electron chi connectivity index (χ1n) is 5.48. The Kier molecular flexibility index (Phi) is 2.15. The molecule has 2 heteroatoms. The maximum Gasteiger partial charge on any atom is 0.123 e. The van der Waals surface area contributed by atoms with Crippen LogP contribution in [0.15, 0.2) is 48.5 Å².